The summed E-state index contributed by atoms with van der Waals surface area (Å²) in [5, 5.41) is 8.34. The lowest BCUT2D eigenvalue weighted by Gasteiger charge is -2.21. The van der Waals surface area contributed by atoms with Crippen molar-refractivity contribution in [3.63, 3.8) is 0 Å². The molecule has 0 aromatic carbocycles. The van der Waals surface area contributed by atoms with E-state index < -0.39 is 0 Å². The highest BCUT2D eigenvalue weighted by atomic mass is 16.2. The number of aromatic nitrogens is 5. The molecule has 0 spiro atoms. The lowest BCUT2D eigenvalue weighted by Crippen LogP contribution is -2.35. The number of carbonyl (C=O) groups excluding carboxylic acids is 1. The lowest BCUT2D eigenvalue weighted by molar-refractivity contribution is 0.0761. The van der Waals surface area contributed by atoms with Crippen molar-refractivity contribution in [2.24, 2.45) is 5.92 Å². The van der Waals surface area contributed by atoms with Crippen molar-refractivity contribution in [1.29, 1.82) is 0 Å². The summed E-state index contributed by atoms with van der Waals surface area (Å²) in [4.78, 5) is 25.5. The van der Waals surface area contributed by atoms with Gasteiger partial charge in [-0.2, -0.15) is 0 Å². The maximum atomic E-state index is 12.9. The first-order chi connectivity index (χ1) is 13.8. The van der Waals surface area contributed by atoms with Crippen molar-refractivity contribution in [1.82, 2.24) is 29.9 Å². The van der Waals surface area contributed by atoms with Gasteiger partial charge in [0.25, 0.3) is 5.91 Å². The van der Waals surface area contributed by atoms with Crippen LogP contribution in [0, 0.1) is 5.92 Å². The smallest absolute Gasteiger partial charge is 0.276 e. The molecule has 1 aliphatic heterocycles. The zero-order chi connectivity index (χ0) is 19.2. The van der Waals surface area contributed by atoms with E-state index in [4.69, 9.17) is 0 Å². The summed E-state index contributed by atoms with van der Waals surface area (Å²) < 4.78 is 1.84. The van der Waals surface area contributed by atoms with Gasteiger partial charge < -0.3 is 9.80 Å². The minimum absolute atomic E-state index is 0.0280. The molecule has 150 valence electrons. The average Bonchev–Trinajstić information content (AvgIpc) is 3.09. The molecule has 2 aliphatic rings. The van der Waals surface area contributed by atoms with Crippen molar-refractivity contribution in [2.75, 3.05) is 31.1 Å². The monoisotopic (exact) mass is 383 g/mol. The zero-order valence-electron chi connectivity index (χ0n) is 16.4. The Kier molecular flexibility index (Phi) is 6.14. The molecule has 8 heteroatoms. The Morgan fingerprint density at radius 3 is 2.64 bits per heavy atom. The quantitative estimate of drug-likeness (QED) is 0.789. The van der Waals surface area contributed by atoms with Gasteiger partial charge in [-0.1, -0.05) is 37.3 Å². The maximum Gasteiger partial charge on any atom is 0.276 e. The number of carbonyl (C=O) groups is 1. The van der Waals surface area contributed by atoms with E-state index in [0.717, 1.165) is 50.9 Å². The molecule has 4 rings (SSSR count). The molecule has 1 saturated carbocycles. The standard InChI is InChI=1S/C20H29N7O/c28-19(18-16-27(24-23-18)13-8-17-6-2-1-3-7-17)25-11-5-12-26(15-14-25)20-21-9-4-10-22-20/h4,9-10,16-17H,1-3,5-8,11-15H2. The molecule has 28 heavy (non-hydrogen) atoms. The van der Waals surface area contributed by atoms with Crippen molar-refractivity contribution in [3.8, 4) is 0 Å². The first-order valence-corrected chi connectivity index (χ1v) is 10.5. The Labute approximate surface area is 166 Å². The molecule has 1 amide bonds. The second-order valence-electron chi connectivity index (χ2n) is 7.84. The summed E-state index contributed by atoms with van der Waals surface area (Å²) in [6.45, 7) is 3.79. The number of aryl methyl sites for hydroxylation is 1. The van der Waals surface area contributed by atoms with Crippen LogP contribution in [0.2, 0.25) is 0 Å². The molecule has 2 fully saturated rings. The predicted molar refractivity (Wildman–Crippen MR) is 106 cm³/mol. The van der Waals surface area contributed by atoms with E-state index in [1.165, 1.54) is 32.1 Å². The minimum Gasteiger partial charge on any atom is -0.339 e. The van der Waals surface area contributed by atoms with Gasteiger partial charge in [0.15, 0.2) is 5.69 Å². The zero-order valence-corrected chi connectivity index (χ0v) is 16.4. The molecule has 0 radical (unpaired) electrons. The Morgan fingerprint density at radius 1 is 1.00 bits per heavy atom. The topological polar surface area (TPSA) is 80.0 Å². The summed E-state index contributed by atoms with van der Waals surface area (Å²) >= 11 is 0. The second kappa shape index (κ2) is 9.12. The van der Waals surface area contributed by atoms with Crippen LogP contribution in [0.5, 0.6) is 0 Å². The van der Waals surface area contributed by atoms with Crippen LogP contribution in [0.3, 0.4) is 0 Å². The van der Waals surface area contributed by atoms with Crippen LogP contribution in [0.25, 0.3) is 0 Å². The fourth-order valence-corrected chi connectivity index (χ4v) is 4.23. The van der Waals surface area contributed by atoms with E-state index >= 15 is 0 Å². The van der Waals surface area contributed by atoms with Crippen molar-refractivity contribution >= 4 is 11.9 Å². The summed E-state index contributed by atoms with van der Waals surface area (Å²) in [5.74, 6) is 1.50. The van der Waals surface area contributed by atoms with E-state index in [9.17, 15) is 4.79 Å². The summed E-state index contributed by atoms with van der Waals surface area (Å²) in [6, 6.07) is 1.81. The van der Waals surface area contributed by atoms with Crippen LogP contribution in [0.1, 0.15) is 55.4 Å². The van der Waals surface area contributed by atoms with Crippen molar-refractivity contribution in [2.45, 2.75) is 51.5 Å². The first-order valence-electron chi connectivity index (χ1n) is 10.5. The second-order valence-corrected chi connectivity index (χ2v) is 7.84. The minimum atomic E-state index is -0.0280. The Morgan fingerprint density at radius 2 is 1.82 bits per heavy atom. The Bertz CT molecular complexity index is 757. The third-order valence-corrected chi connectivity index (χ3v) is 5.87. The van der Waals surface area contributed by atoms with Crippen LogP contribution in [0.15, 0.2) is 24.7 Å². The molecule has 1 saturated heterocycles. The van der Waals surface area contributed by atoms with Gasteiger partial charge in [-0.05, 0) is 24.8 Å². The number of nitrogens with zero attached hydrogens (tertiary/aromatic N) is 7. The first kappa shape index (κ1) is 18.8. The van der Waals surface area contributed by atoms with Gasteiger partial charge in [0.2, 0.25) is 5.95 Å². The third-order valence-electron chi connectivity index (χ3n) is 5.87. The summed E-state index contributed by atoms with van der Waals surface area (Å²) in [6.07, 6.45) is 14.1. The van der Waals surface area contributed by atoms with Gasteiger partial charge in [0.05, 0.1) is 6.20 Å². The Hall–Kier alpha value is -2.51. The van der Waals surface area contributed by atoms with Crippen molar-refractivity contribution < 1.29 is 4.79 Å². The highest BCUT2D eigenvalue weighted by Crippen LogP contribution is 2.26. The van der Waals surface area contributed by atoms with Crippen LogP contribution in [-0.4, -0.2) is 61.9 Å². The van der Waals surface area contributed by atoms with E-state index in [1.807, 2.05) is 21.8 Å². The predicted octanol–water partition coefficient (Wildman–Crippen LogP) is 2.39. The molecular formula is C20H29N7O. The van der Waals surface area contributed by atoms with Crippen LogP contribution in [0.4, 0.5) is 5.95 Å². The van der Waals surface area contributed by atoms with E-state index in [0.29, 0.717) is 12.2 Å². The van der Waals surface area contributed by atoms with Crippen LogP contribution >= 0.6 is 0 Å². The van der Waals surface area contributed by atoms with Gasteiger partial charge >= 0.3 is 0 Å². The van der Waals surface area contributed by atoms with Gasteiger partial charge in [0, 0.05) is 45.1 Å². The van der Waals surface area contributed by atoms with Crippen LogP contribution < -0.4 is 4.90 Å². The maximum absolute atomic E-state index is 12.9. The van der Waals surface area contributed by atoms with Gasteiger partial charge in [-0.25, -0.2) is 9.97 Å². The van der Waals surface area contributed by atoms with Crippen molar-refractivity contribution in [3.05, 3.63) is 30.4 Å². The molecule has 8 nitrogen and oxygen atoms in total. The molecular weight excluding hydrogens is 354 g/mol. The molecule has 0 unspecified atom stereocenters. The largest absolute Gasteiger partial charge is 0.339 e. The number of hydrogen-bond acceptors (Lipinski definition) is 6. The third kappa shape index (κ3) is 4.66. The number of anilines is 1. The van der Waals surface area contributed by atoms with Crippen LogP contribution in [-0.2, 0) is 6.54 Å². The summed E-state index contributed by atoms with van der Waals surface area (Å²) in [5.41, 5.74) is 0.452. The molecule has 2 aromatic heterocycles. The van der Waals surface area contributed by atoms with E-state index in [1.54, 1.807) is 12.4 Å². The molecule has 2 aromatic rings. The molecule has 0 bridgehead atoms. The van der Waals surface area contributed by atoms with E-state index in [2.05, 4.69) is 25.2 Å². The van der Waals surface area contributed by atoms with E-state index in [-0.39, 0.29) is 5.91 Å². The van der Waals surface area contributed by atoms with Gasteiger partial charge in [-0.15, -0.1) is 5.10 Å². The number of amides is 1. The summed E-state index contributed by atoms with van der Waals surface area (Å²) in [7, 11) is 0. The molecule has 0 atom stereocenters. The number of hydrogen-bond donors (Lipinski definition) is 0. The Balaban J connectivity index is 1.31. The molecule has 1 aliphatic carbocycles. The molecule has 3 heterocycles. The molecule has 0 N–H and O–H groups in total. The number of rotatable bonds is 5. The fourth-order valence-electron chi connectivity index (χ4n) is 4.23. The highest BCUT2D eigenvalue weighted by molar-refractivity contribution is 5.92. The fraction of sp³-hybridized carbons (Fsp3) is 0.650. The SMILES string of the molecule is O=C(c1cn(CCC2CCCCC2)nn1)N1CCCN(c2ncccn2)CC1. The normalized spacial score (nSPS) is 18.9. The lowest BCUT2D eigenvalue weighted by atomic mass is 9.87. The highest BCUT2D eigenvalue weighted by Gasteiger charge is 2.23. The average molecular weight is 384 g/mol. The van der Waals surface area contributed by atoms with Gasteiger partial charge in [-0.3, -0.25) is 9.48 Å². The van der Waals surface area contributed by atoms with Gasteiger partial charge in [0.1, 0.15) is 0 Å².